The van der Waals surface area contributed by atoms with Gasteiger partial charge >= 0.3 is 0 Å². The van der Waals surface area contributed by atoms with Crippen LogP contribution in [0.4, 0.5) is 0 Å². The molecule has 140 valence electrons. The van der Waals surface area contributed by atoms with Gasteiger partial charge in [0.2, 0.25) is 0 Å². The van der Waals surface area contributed by atoms with Crippen molar-refractivity contribution in [2.45, 2.75) is 71.1 Å². The molecule has 0 saturated carbocycles. The molecule has 2 aliphatic rings. The fraction of sp³-hybridized carbons (Fsp3) is 0.789. The van der Waals surface area contributed by atoms with Crippen LogP contribution in [0.1, 0.15) is 62.0 Å². The molecule has 1 aromatic rings. The average Bonchev–Trinajstić information content (AvgIpc) is 3.17. The van der Waals surface area contributed by atoms with E-state index >= 15 is 0 Å². The van der Waals surface area contributed by atoms with Gasteiger partial charge in [-0.05, 0) is 52.9 Å². The molecule has 0 spiro atoms. The Hall–Kier alpha value is -1.40. The Labute approximate surface area is 150 Å². The normalized spacial score (nSPS) is 25.4. The monoisotopic (exact) mass is 349 g/mol. The highest BCUT2D eigenvalue weighted by Gasteiger charge is 2.35. The van der Waals surface area contributed by atoms with E-state index in [0.717, 1.165) is 50.2 Å². The summed E-state index contributed by atoms with van der Waals surface area (Å²) in [7, 11) is 1.96. The summed E-state index contributed by atoms with van der Waals surface area (Å²) in [6.45, 7) is 8.09. The van der Waals surface area contributed by atoms with Crippen molar-refractivity contribution in [3.63, 3.8) is 0 Å². The number of hydrogen-bond donors (Lipinski definition) is 0. The first kappa shape index (κ1) is 18.4. The maximum atomic E-state index is 13.0. The van der Waals surface area contributed by atoms with Gasteiger partial charge in [0.25, 0.3) is 5.91 Å². The second kappa shape index (κ2) is 7.87. The first-order chi connectivity index (χ1) is 12.0. The van der Waals surface area contributed by atoms with Crippen molar-refractivity contribution in [1.29, 1.82) is 0 Å². The second-order valence-corrected chi connectivity index (χ2v) is 7.36. The molecule has 0 radical (unpaired) electrons. The van der Waals surface area contributed by atoms with Gasteiger partial charge in [0.05, 0.1) is 24.4 Å². The van der Waals surface area contributed by atoms with Gasteiger partial charge in [-0.25, -0.2) is 0 Å². The zero-order valence-corrected chi connectivity index (χ0v) is 16.0. The summed E-state index contributed by atoms with van der Waals surface area (Å²) in [4.78, 5) is 15.0. The van der Waals surface area contributed by atoms with Crippen molar-refractivity contribution < 1.29 is 14.3 Å². The molecule has 2 fully saturated rings. The summed E-state index contributed by atoms with van der Waals surface area (Å²) < 4.78 is 13.5. The highest BCUT2D eigenvalue weighted by molar-refractivity contribution is 5.81. The van der Waals surface area contributed by atoms with Crippen molar-refractivity contribution in [1.82, 2.24) is 14.7 Å². The molecule has 1 amide bonds. The van der Waals surface area contributed by atoms with Crippen LogP contribution in [0.25, 0.3) is 0 Å². The van der Waals surface area contributed by atoms with E-state index in [1.807, 2.05) is 30.5 Å². The summed E-state index contributed by atoms with van der Waals surface area (Å²) in [6, 6.07) is 0.123. The lowest BCUT2D eigenvalue weighted by molar-refractivity contribution is -0.147. The molecular formula is C19H31N3O3. The third-order valence-electron chi connectivity index (χ3n) is 5.59. The van der Waals surface area contributed by atoms with Gasteiger partial charge in [-0.1, -0.05) is 0 Å². The van der Waals surface area contributed by atoms with Crippen LogP contribution in [0.2, 0.25) is 0 Å². The largest absolute Gasteiger partial charge is 0.376 e. The molecule has 2 aliphatic heterocycles. The fourth-order valence-electron chi connectivity index (χ4n) is 4.10. The maximum absolute atomic E-state index is 13.0. The summed E-state index contributed by atoms with van der Waals surface area (Å²) in [5.41, 5.74) is 3.37. The van der Waals surface area contributed by atoms with E-state index in [9.17, 15) is 4.79 Å². The fourth-order valence-corrected chi connectivity index (χ4v) is 4.10. The van der Waals surface area contributed by atoms with Crippen LogP contribution in [0.15, 0.2) is 0 Å². The first-order valence-corrected chi connectivity index (χ1v) is 9.52. The number of aryl methyl sites for hydroxylation is 2. The average molecular weight is 349 g/mol. The van der Waals surface area contributed by atoms with Gasteiger partial charge in [-0.3, -0.25) is 9.48 Å². The Bertz CT molecular complexity index is 607. The first-order valence-electron chi connectivity index (χ1n) is 9.52. The Morgan fingerprint density at radius 2 is 2.12 bits per heavy atom. The highest BCUT2D eigenvalue weighted by Crippen LogP contribution is 2.36. The molecule has 0 bridgehead atoms. The van der Waals surface area contributed by atoms with Crippen LogP contribution in [-0.4, -0.2) is 52.6 Å². The topological polar surface area (TPSA) is 56.6 Å². The molecule has 3 atom stereocenters. The summed E-state index contributed by atoms with van der Waals surface area (Å²) in [5, 5.41) is 4.52. The molecule has 0 N–H and O–H groups in total. The Balaban J connectivity index is 1.63. The van der Waals surface area contributed by atoms with E-state index in [0.29, 0.717) is 6.61 Å². The number of carbonyl (C=O) groups excluding carboxylic acids is 1. The van der Waals surface area contributed by atoms with E-state index in [1.54, 1.807) is 0 Å². The molecule has 3 heterocycles. The van der Waals surface area contributed by atoms with Gasteiger partial charge in [0.1, 0.15) is 6.10 Å². The quantitative estimate of drug-likeness (QED) is 0.820. The van der Waals surface area contributed by atoms with E-state index in [1.165, 1.54) is 12.0 Å². The lowest BCUT2D eigenvalue weighted by atomic mass is 10.0. The molecule has 2 saturated heterocycles. The van der Waals surface area contributed by atoms with E-state index in [4.69, 9.17) is 9.47 Å². The number of hydrogen-bond acceptors (Lipinski definition) is 4. The maximum Gasteiger partial charge on any atom is 0.251 e. The van der Waals surface area contributed by atoms with Crippen LogP contribution < -0.4 is 0 Å². The Morgan fingerprint density at radius 1 is 1.32 bits per heavy atom. The number of rotatable bonds is 5. The lowest BCUT2D eigenvalue weighted by Gasteiger charge is -2.29. The number of carbonyl (C=O) groups is 1. The molecule has 1 aromatic heterocycles. The third-order valence-corrected chi connectivity index (χ3v) is 5.59. The minimum Gasteiger partial charge on any atom is -0.376 e. The van der Waals surface area contributed by atoms with Crippen molar-refractivity contribution in [2.75, 3.05) is 19.8 Å². The number of likely N-dealkylation sites (tertiary alicyclic amines) is 1. The summed E-state index contributed by atoms with van der Waals surface area (Å²) in [6.07, 6.45) is 5.08. The summed E-state index contributed by atoms with van der Waals surface area (Å²) in [5.74, 6) is 0.0842. The summed E-state index contributed by atoms with van der Waals surface area (Å²) >= 11 is 0. The van der Waals surface area contributed by atoms with E-state index < -0.39 is 6.10 Å². The predicted molar refractivity (Wildman–Crippen MR) is 95.4 cm³/mol. The molecule has 3 rings (SSSR count). The number of amides is 1. The zero-order chi connectivity index (χ0) is 18.0. The van der Waals surface area contributed by atoms with Crippen molar-refractivity contribution in [3.8, 4) is 0 Å². The van der Waals surface area contributed by atoms with E-state index in [-0.39, 0.29) is 18.1 Å². The van der Waals surface area contributed by atoms with Crippen LogP contribution in [-0.2, 0) is 21.3 Å². The lowest BCUT2D eigenvalue weighted by Crippen LogP contribution is -2.40. The van der Waals surface area contributed by atoms with Gasteiger partial charge in [0, 0.05) is 31.5 Å². The number of ether oxygens (including phenoxy) is 2. The predicted octanol–water partition coefficient (Wildman–Crippen LogP) is 2.67. The molecule has 0 aromatic carbocycles. The van der Waals surface area contributed by atoms with Gasteiger partial charge in [-0.15, -0.1) is 0 Å². The van der Waals surface area contributed by atoms with Gasteiger partial charge < -0.3 is 14.4 Å². The SMILES string of the molecule is Cc1nn(C)c(C)c1[C@@H]1CCCN1C(=O)[C@@H](C)OC[C@@H]1CCCCO1. The Kier molecular flexibility index (Phi) is 5.79. The molecule has 6 heteroatoms. The molecular weight excluding hydrogens is 318 g/mol. The smallest absolute Gasteiger partial charge is 0.251 e. The van der Waals surface area contributed by atoms with Crippen LogP contribution in [0.5, 0.6) is 0 Å². The van der Waals surface area contributed by atoms with Crippen LogP contribution in [0.3, 0.4) is 0 Å². The minimum atomic E-state index is -0.427. The molecule has 0 aliphatic carbocycles. The third kappa shape index (κ3) is 3.90. The highest BCUT2D eigenvalue weighted by atomic mass is 16.5. The number of nitrogens with zero attached hydrogens (tertiary/aromatic N) is 3. The van der Waals surface area contributed by atoms with E-state index in [2.05, 4.69) is 12.0 Å². The standard InChI is InChI=1S/C19H31N3O3/c1-13-18(14(2)21(4)20-13)17-9-7-10-22(17)19(23)15(3)25-12-16-8-5-6-11-24-16/h15-17H,5-12H2,1-4H3/t15-,16+,17+/m1/s1. The molecule has 6 nitrogen and oxygen atoms in total. The van der Waals surface area contributed by atoms with Crippen molar-refractivity contribution >= 4 is 5.91 Å². The van der Waals surface area contributed by atoms with Gasteiger partial charge in [-0.2, -0.15) is 5.10 Å². The van der Waals surface area contributed by atoms with Gasteiger partial charge in [0.15, 0.2) is 0 Å². The molecule has 0 unspecified atom stereocenters. The second-order valence-electron chi connectivity index (χ2n) is 7.36. The van der Waals surface area contributed by atoms with Crippen LogP contribution in [0, 0.1) is 13.8 Å². The zero-order valence-electron chi connectivity index (χ0n) is 16.0. The van der Waals surface area contributed by atoms with Crippen molar-refractivity contribution in [2.24, 2.45) is 7.05 Å². The Morgan fingerprint density at radius 3 is 2.76 bits per heavy atom. The molecule has 25 heavy (non-hydrogen) atoms. The van der Waals surface area contributed by atoms with Crippen LogP contribution >= 0.6 is 0 Å². The van der Waals surface area contributed by atoms with Crippen molar-refractivity contribution in [3.05, 3.63) is 17.0 Å². The number of aromatic nitrogens is 2. The minimum absolute atomic E-state index is 0.0842.